The van der Waals surface area contributed by atoms with E-state index in [0.717, 1.165) is 0 Å². The third-order valence-corrected chi connectivity index (χ3v) is 1.41. The quantitative estimate of drug-likeness (QED) is 0.514. The summed E-state index contributed by atoms with van der Waals surface area (Å²) in [6, 6.07) is -0.976. The standard InChI is InChI=1S/C6H9N3O3.ClH/c7-4(5(10)11)1-3-2-8-6(12)9-3;/h2,4H,1,7H2,(H,10,11)(H2,8,9,12);1H/t4-;/m0./s1. The Morgan fingerprint density at radius 2 is 2.31 bits per heavy atom. The Morgan fingerprint density at radius 3 is 2.69 bits per heavy atom. The number of nitrogens with two attached hydrogens (primary N) is 1. The summed E-state index contributed by atoms with van der Waals surface area (Å²) in [6.45, 7) is 0. The molecule has 0 radical (unpaired) electrons. The summed E-state index contributed by atoms with van der Waals surface area (Å²) < 4.78 is 0. The summed E-state index contributed by atoms with van der Waals surface area (Å²) in [7, 11) is 0. The van der Waals surface area contributed by atoms with E-state index in [9.17, 15) is 9.59 Å². The van der Waals surface area contributed by atoms with Crippen molar-refractivity contribution in [3.63, 3.8) is 0 Å². The highest BCUT2D eigenvalue weighted by atomic mass is 35.5. The molecule has 74 valence electrons. The van der Waals surface area contributed by atoms with Crippen molar-refractivity contribution in [2.24, 2.45) is 5.73 Å². The number of nitrogens with one attached hydrogen (secondary N) is 2. The summed E-state index contributed by atoms with van der Waals surface area (Å²) >= 11 is 0. The summed E-state index contributed by atoms with van der Waals surface area (Å²) in [6.07, 6.45) is 1.53. The number of H-pyrrole nitrogens is 2. The Balaban J connectivity index is 0.00000144. The molecule has 0 fully saturated rings. The number of aromatic nitrogens is 2. The first kappa shape index (κ1) is 11.7. The van der Waals surface area contributed by atoms with E-state index in [1.807, 2.05) is 0 Å². The van der Waals surface area contributed by atoms with Gasteiger partial charge in [-0.15, -0.1) is 12.4 Å². The summed E-state index contributed by atoms with van der Waals surface area (Å²) in [5.41, 5.74) is 5.36. The van der Waals surface area contributed by atoms with Crippen LogP contribution in [-0.4, -0.2) is 27.1 Å². The lowest BCUT2D eigenvalue weighted by atomic mass is 10.2. The zero-order valence-corrected chi connectivity index (χ0v) is 7.43. The van der Waals surface area contributed by atoms with Crippen LogP contribution >= 0.6 is 12.4 Å². The van der Waals surface area contributed by atoms with E-state index < -0.39 is 12.0 Å². The monoisotopic (exact) mass is 207 g/mol. The third-order valence-electron chi connectivity index (χ3n) is 1.41. The van der Waals surface area contributed by atoms with Gasteiger partial charge in [0, 0.05) is 18.3 Å². The zero-order chi connectivity index (χ0) is 9.14. The normalized spacial score (nSPS) is 11.8. The van der Waals surface area contributed by atoms with Crippen molar-refractivity contribution < 1.29 is 9.90 Å². The summed E-state index contributed by atoms with van der Waals surface area (Å²) in [5.74, 6) is -1.09. The van der Waals surface area contributed by atoms with Crippen molar-refractivity contribution in [1.82, 2.24) is 9.97 Å². The first-order valence-corrected chi connectivity index (χ1v) is 3.34. The van der Waals surface area contributed by atoms with E-state index in [2.05, 4.69) is 9.97 Å². The van der Waals surface area contributed by atoms with Gasteiger partial charge in [-0.1, -0.05) is 0 Å². The lowest BCUT2D eigenvalue weighted by molar-refractivity contribution is -0.138. The fourth-order valence-electron chi connectivity index (χ4n) is 0.805. The number of aromatic amines is 2. The number of imidazole rings is 1. The van der Waals surface area contributed by atoms with Gasteiger partial charge in [-0.05, 0) is 0 Å². The highest BCUT2D eigenvalue weighted by Gasteiger charge is 2.12. The number of carbonyl (C=O) groups is 1. The Kier molecular flexibility index (Phi) is 4.22. The van der Waals surface area contributed by atoms with Gasteiger partial charge in [-0.2, -0.15) is 0 Å². The minimum Gasteiger partial charge on any atom is -0.480 e. The molecule has 13 heavy (non-hydrogen) atoms. The first-order chi connectivity index (χ1) is 5.59. The van der Waals surface area contributed by atoms with Crippen molar-refractivity contribution >= 4 is 18.4 Å². The minimum atomic E-state index is -1.09. The molecule has 6 nitrogen and oxygen atoms in total. The lowest BCUT2D eigenvalue weighted by Gasteiger charge is -2.01. The second-order valence-corrected chi connectivity index (χ2v) is 2.42. The van der Waals surface area contributed by atoms with Crippen LogP contribution in [0, 0.1) is 0 Å². The Labute approximate surface area is 79.6 Å². The van der Waals surface area contributed by atoms with Crippen LogP contribution in [-0.2, 0) is 11.2 Å². The zero-order valence-electron chi connectivity index (χ0n) is 6.61. The molecule has 0 aromatic carbocycles. The number of aliphatic carboxylic acids is 1. The van der Waals surface area contributed by atoms with E-state index in [-0.39, 0.29) is 24.5 Å². The summed E-state index contributed by atoms with van der Waals surface area (Å²) in [5, 5.41) is 8.42. The van der Waals surface area contributed by atoms with Gasteiger partial charge in [0.2, 0.25) is 0 Å². The molecule has 0 aliphatic heterocycles. The first-order valence-electron chi connectivity index (χ1n) is 3.34. The number of carboxylic acids is 1. The van der Waals surface area contributed by atoms with Crippen LogP contribution in [0.15, 0.2) is 11.0 Å². The van der Waals surface area contributed by atoms with E-state index >= 15 is 0 Å². The van der Waals surface area contributed by atoms with Gasteiger partial charge in [0.05, 0.1) is 0 Å². The van der Waals surface area contributed by atoms with Gasteiger partial charge in [0.15, 0.2) is 0 Å². The molecule has 0 saturated carbocycles. The second-order valence-electron chi connectivity index (χ2n) is 2.42. The fourth-order valence-corrected chi connectivity index (χ4v) is 0.805. The molecule has 0 aliphatic carbocycles. The van der Waals surface area contributed by atoms with Crippen molar-refractivity contribution in [3.8, 4) is 0 Å². The van der Waals surface area contributed by atoms with Crippen LogP contribution in [0.4, 0.5) is 0 Å². The molecule has 1 atom stereocenters. The number of carboxylic acid groups (broad SMARTS) is 1. The Hall–Kier alpha value is -1.27. The Morgan fingerprint density at radius 1 is 1.69 bits per heavy atom. The van der Waals surface area contributed by atoms with Crippen LogP contribution in [0.1, 0.15) is 5.69 Å². The third kappa shape index (κ3) is 3.30. The number of hydrogen-bond acceptors (Lipinski definition) is 3. The van der Waals surface area contributed by atoms with Gasteiger partial charge in [0.1, 0.15) is 6.04 Å². The van der Waals surface area contributed by atoms with Crippen LogP contribution in [0.25, 0.3) is 0 Å². The van der Waals surface area contributed by atoms with E-state index in [1.165, 1.54) is 6.20 Å². The topological polar surface area (TPSA) is 112 Å². The SMILES string of the molecule is Cl.N[C@@H](Cc1c[nH]c(=O)[nH]1)C(=O)O. The predicted octanol–water partition coefficient (Wildman–Crippen LogP) is -0.921. The largest absolute Gasteiger partial charge is 0.480 e. The highest BCUT2D eigenvalue weighted by molar-refractivity contribution is 5.85. The molecular weight excluding hydrogens is 198 g/mol. The van der Waals surface area contributed by atoms with Crippen LogP contribution in [0.5, 0.6) is 0 Å². The fraction of sp³-hybridized carbons (Fsp3) is 0.333. The molecule has 0 bridgehead atoms. The number of rotatable bonds is 3. The molecule has 5 N–H and O–H groups in total. The molecule has 0 spiro atoms. The van der Waals surface area contributed by atoms with Gasteiger partial charge in [0.25, 0.3) is 0 Å². The maximum absolute atomic E-state index is 10.5. The van der Waals surface area contributed by atoms with Crippen molar-refractivity contribution in [2.75, 3.05) is 0 Å². The molecule has 0 aliphatic rings. The van der Waals surface area contributed by atoms with E-state index in [0.29, 0.717) is 5.69 Å². The van der Waals surface area contributed by atoms with Gasteiger partial charge in [-0.25, -0.2) is 4.79 Å². The van der Waals surface area contributed by atoms with E-state index in [1.54, 1.807) is 0 Å². The predicted molar refractivity (Wildman–Crippen MR) is 48.0 cm³/mol. The van der Waals surface area contributed by atoms with Gasteiger partial charge in [-0.3, -0.25) is 4.79 Å². The molecule has 7 heteroatoms. The Bertz CT molecular complexity index is 332. The molecule has 0 unspecified atom stereocenters. The highest BCUT2D eigenvalue weighted by Crippen LogP contribution is 1.93. The minimum absolute atomic E-state index is 0. The van der Waals surface area contributed by atoms with Gasteiger partial charge >= 0.3 is 11.7 Å². The van der Waals surface area contributed by atoms with Crippen LogP contribution in [0.3, 0.4) is 0 Å². The molecular formula is C6H10ClN3O3. The van der Waals surface area contributed by atoms with Crippen molar-refractivity contribution in [1.29, 1.82) is 0 Å². The smallest absolute Gasteiger partial charge is 0.323 e. The van der Waals surface area contributed by atoms with Crippen LogP contribution in [0.2, 0.25) is 0 Å². The van der Waals surface area contributed by atoms with Crippen molar-refractivity contribution in [2.45, 2.75) is 12.5 Å². The van der Waals surface area contributed by atoms with Crippen molar-refractivity contribution in [3.05, 3.63) is 22.4 Å². The molecule has 1 heterocycles. The number of halogens is 1. The molecule has 1 aromatic heterocycles. The average Bonchev–Trinajstić information content (AvgIpc) is 2.35. The second kappa shape index (κ2) is 4.68. The van der Waals surface area contributed by atoms with E-state index in [4.69, 9.17) is 10.8 Å². The maximum atomic E-state index is 10.5. The van der Waals surface area contributed by atoms with Crippen LogP contribution < -0.4 is 11.4 Å². The summed E-state index contributed by atoms with van der Waals surface area (Å²) in [4.78, 5) is 25.6. The maximum Gasteiger partial charge on any atom is 0.323 e. The lowest BCUT2D eigenvalue weighted by Crippen LogP contribution is -2.32. The average molecular weight is 208 g/mol. The molecule has 0 amide bonds. The number of hydrogen-bond donors (Lipinski definition) is 4. The molecule has 0 saturated heterocycles. The molecule has 1 rings (SSSR count). The van der Waals surface area contributed by atoms with Gasteiger partial charge < -0.3 is 20.8 Å². The molecule has 1 aromatic rings.